The van der Waals surface area contributed by atoms with Gasteiger partial charge in [-0.1, -0.05) is 5.92 Å². The number of sulfonamides is 1. The summed E-state index contributed by atoms with van der Waals surface area (Å²) in [5, 5.41) is 8.72. The van der Waals surface area contributed by atoms with E-state index in [4.69, 9.17) is 9.94 Å². The summed E-state index contributed by atoms with van der Waals surface area (Å²) in [4.78, 5) is 0. The van der Waals surface area contributed by atoms with E-state index in [0.29, 0.717) is 32.2 Å². The maximum absolute atomic E-state index is 12.1. The number of nitrogens with one attached hydrogen (secondary N) is 1. The molecule has 0 unspecified atom stereocenters. The third kappa shape index (κ3) is 5.77. The normalized spacial score (nSPS) is 19.4. The molecule has 0 spiro atoms. The highest BCUT2D eigenvalue weighted by molar-refractivity contribution is 7.89. The second-order valence-electron chi connectivity index (χ2n) is 5.09. The van der Waals surface area contributed by atoms with Crippen molar-refractivity contribution in [2.75, 3.05) is 32.1 Å². The first-order valence-electron chi connectivity index (χ1n) is 6.84. The Hall–Kier alpha value is -0.650. The second kappa shape index (κ2) is 8.60. The highest BCUT2D eigenvalue weighted by Crippen LogP contribution is 2.20. The van der Waals surface area contributed by atoms with Gasteiger partial charge < -0.3 is 9.94 Å². The summed E-state index contributed by atoms with van der Waals surface area (Å²) in [5.74, 6) is 5.92. The quantitative estimate of drug-likeness (QED) is 0.405. The van der Waals surface area contributed by atoms with Gasteiger partial charge in [-0.3, -0.25) is 0 Å². The van der Waals surface area contributed by atoms with Crippen molar-refractivity contribution in [1.82, 2.24) is 9.79 Å². The van der Waals surface area contributed by atoms with Crippen LogP contribution < -0.4 is 5.48 Å². The van der Waals surface area contributed by atoms with E-state index in [9.17, 15) is 8.42 Å². The van der Waals surface area contributed by atoms with Gasteiger partial charge in [0.2, 0.25) is 10.0 Å². The molecule has 0 amide bonds. The Morgan fingerprint density at radius 1 is 1.45 bits per heavy atom. The Kier molecular flexibility index (Phi) is 7.48. The third-order valence-corrected chi connectivity index (χ3v) is 5.43. The summed E-state index contributed by atoms with van der Waals surface area (Å²) in [6, 6.07) is -0.464. The number of nitrogens with zero attached hydrogens (tertiary/aromatic N) is 1. The lowest BCUT2D eigenvalue weighted by Crippen LogP contribution is -2.44. The highest BCUT2D eigenvalue weighted by Gasteiger charge is 2.29. The molecular formula is C13H24N2O4S. The Morgan fingerprint density at radius 3 is 2.65 bits per heavy atom. The van der Waals surface area contributed by atoms with Gasteiger partial charge in [0.1, 0.15) is 6.61 Å². The number of hydrogen-bond donors (Lipinski definition) is 2. The fourth-order valence-corrected chi connectivity index (χ4v) is 3.85. The molecule has 0 saturated carbocycles. The first-order valence-corrected chi connectivity index (χ1v) is 8.45. The summed E-state index contributed by atoms with van der Waals surface area (Å²) in [6.45, 7) is 5.52. The van der Waals surface area contributed by atoms with Crippen LogP contribution in [0.5, 0.6) is 0 Å². The first-order chi connectivity index (χ1) is 9.49. The summed E-state index contributed by atoms with van der Waals surface area (Å²) in [6.07, 6.45) is 1.61. The monoisotopic (exact) mass is 304 g/mol. The maximum Gasteiger partial charge on any atom is 0.215 e. The lowest BCUT2D eigenvalue weighted by molar-refractivity contribution is 0.101. The smallest absolute Gasteiger partial charge is 0.215 e. The molecule has 1 aliphatic heterocycles. The zero-order valence-corrected chi connectivity index (χ0v) is 12.9. The zero-order valence-electron chi connectivity index (χ0n) is 12.1. The van der Waals surface area contributed by atoms with E-state index >= 15 is 0 Å². The molecular weight excluding hydrogens is 280 g/mol. The molecule has 1 rings (SSSR count). The molecule has 6 nitrogen and oxygen atoms in total. The summed E-state index contributed by atoms with van der Waals surface area (Å²) in [7, 11) is -3.30. The third-order valence-electron chi connectivity index (χ3n) is 3.35. The van der Waals surface area contributed by atoms with Crippen molar-refractivity contribution < 1.29 is 18.4 Å². The van der Waals surface area contributed by atoms with Crippen LogP contribution in [-0.4, -0.2) is 56.0 Å². The van der Waals surface area contributed by atoms with E-state index in [1.54, 1.807) is 13.8 Å². The van der Waals surface area contributed by atoms with Crippen molar-refractivity contribution in [2.24, 2.45) is 5.92 Å². The number of rotatable bonds is 7. The van der Waals surface area contributed by atoms with Crippen LogP contribution in [0, 0.1) is 17.8 Å². The average Bonchev–Trinajstić information content (AvgIpc) is 2.43. The number of hydroxylamine groups is 1. The van der Waals surface area contributed by atoms with Gasteiger partial charge in [-0.15, -0.1) is 5.92 Å². The molecule has 1 aliphatic rings. The van der Waals surface area contributed by atoms with Gasteiger partial charge in [-0.2, -0.15) is 0 Å². The van der Waals surface area contributed by atoms with Gasteiger partial charge in [0.15, 0.2) is 0 Å². The molecule has 0 aromatic carbocycles. The molecule has 0 bridgehead atoms. The SMILES string of the molecule is CC#CCOCC1CCN(S(=O)(=O)C[C@@H](C)NO)CC1. The van der Waals surface area contributed by atoms with Crippen molar-refractivity contribution in [3.05, 3.63) is 0 Å². The maximum atomic E-state index is 12.1. The van der Waals surface area contributed by atoms with Crippen LogP contribution >= 0.6 is 0 Å². The predicted molar refractivity (Wildman–Crippen MR) is 76.7 cm³/mol. The van der Waals surface area contributed by atoms with Gasteiger partial charge in [0.25, 0.3) is 0 Å². The fraction of sp³-hybridized carbons (Fsp3) is 0.846. The number of piperidine rings is 1. The summed E-state index contributed by atoms with van der Waals surface area (Å²) in [5.41, 5.74) is 1.97. The summed E-state index contributed by atoms with van der Waals surface area (Å²) < 4.78 is 31.1. The molecule has 116 valence electrons. The van der Waals surface area contributed by atoms with Gasteiger partial charge in [-0.25, -0.2) is 18.2 Å². The predicted octanol–water partition coefficient (Wildman–Crippen LogP) is 0.435. The minimum absolute atomic E-state index is 0.0866. The molecule has 7 heteroatoms. The van der Waals surface area contributed by atoms with Crippen LogP contribution in [0.2, 0.25) is 0 Å². The van der Waals surface area contributed by atoms with Gasteiger partial charge >= 0.3 is 0 Å². The molecule has 1 heterocycles. The van der Waals surface area contributed by atoms with Crippen molar-refractivity contribution in [1.29, 1.82) is 0 Å². The molecule has 1 fully saturated rings. The lowest BCUT2D eigenvalue weighted by atomic mass is 9.99. The highest BCUT2D eigenvalue weighted by atomic mass is 32.2. The molecule has 0 radical (unpaired) electrons. The standard InChI is InChI=1S/C13H24N2O4S/c1-3-4-9-19-10-13-5-7-15(8-6-13)20(17,18)11-12(2)14-16/h12-14,16H,5-11H2,1-2H3/t12-/m1/s1. The Morgan fingerprint density at radius 2 is 2.10 bits per heavy atom. The molecule has 20 heavy (non-hydrogen) atoms. The minimum Gasteiger partial charge on any atom is -0.368 e. The van der Waals surface area contributed by atoms with E-state index in [2.05, 4.69) is 11.8 Å². The molecule has 0 aromatic rings. The lowest BCUT2D eigenvalue weighted by Gasteiger charge is -2.31. The van der Waals surface area contributed by atoms with E-state index in [0.717, 1.165) is 12.8 Å². The summed E-state index contributed by atoms with van der Waals surface area (Å²) >= 11 is 0. The van der Waals surface area contributed by atoms with Crippen LogP contribution in [0.25, 0.3) is 0 Å². The van der Waals surface area contributed by atoms with Crippen LogP contribution in [-0.2, 0) is 14.8 Å². The molecule has 1 atom stereocenters. The van der Waals surface area contributed by atoms with Crippen molar-refractivity contribution >= 4 is 10.0 Å². The molecule has 1 saturated heterocycles. The molecule has 0 aromatic heterocycles. The first kappa shape index (κ1) is 17.4. The van der Waals surface area contributed by atoms with Crippen molar-refractivity contribution in [3.63, 3.8) is 0 Å². The van der Waals surface area contributed by atoms with Gasteiger partial charge in [0.05, 0.1) is 12.4 Å². The fourth-order valence-electron chi connectivity index (χ4n) is 2.16. The Labute approximate surface area is 121 Å². The van der Waals surface area contributed by atoms with Crippen LogP contribution in [0.1, 0.15) is 26.7 Å². The van der Waals surface area contributed by atoms with Crippen molar-refractivity contribution in [3.8, 4) is 11.8 Å². The number of ether oxygens (including phenoxy) is 1. The van der Waals surface area contributed by atoms with E-state index < -0.39 is 16.1 Å². The van der Waals surface area contributed by atoms with Gasteiger partial charge in [0, 0.05) is 19.1 Å². The van der Waals surface area contributed by atoms with E-state index in [1.807, 2.05) is 5.48 Å². The minimum atomic E-state index is -3.30. The van der Waals surface area contributed by atoms with Crippen LogP contribution in [0.15, 0.2) is 0 Å². The number of hydrogen-bond acceptors (Lipinski definition) is 5. The topological polar surface area (TPSA) is 78.9 Å². The van der Waals surface area contributed by atoms with Crippen LogP contribution in [0.3, 0.4) is 0 Å². The van der Waals surface area contributed by atoms with E-state index in [-0.39, 0.29) is 5.75 Å². The zero-order chi connectivity index (χ0) is 15.0. The Balaban J connectivity index is 2.35. The molecule has 2 N–H and O–H groups in total. The van der Waals surface area contributed by atoms with Crippen molar-refractivity contribution in [2.45, 2.75) is 32.7 Å². The van der Waals surface area contributed by atoms with Crippen LogP contribution in [0.4, 0.5) is 0 Å². The van der Waals surface area contributed by atoms with Gasteiger partial charge in [-0.05, 0) is 32.6 Å². The van der Waals surface area contributed by atoms with E-state index in [1.165, 1.54) is 4.31 Å². The average molecular weight is 304 g/mol. The second-order valence-corrected chi connectivity index (χ2v) is 7.11. The largest absolute Gasteiger partial charge is 0.368 e. The molecule has 0 aliphatic carbocycles. The Bertz CT molecular complexity index is 433.